The van der Waals surface area contributed by atoms with E-state index in [2.05, 4.69) is 5.32 Å². The van der Waals surface area contributed by atoms with Crippen molar-refractivity contribution < 1.29 is 4.79 Å². The molecule has 0 aliphatic heterocycles. The highest BCUT2D eigenvalue weighted by Crippen LogP contribution is 2.58. The normalized spacial score (nSPS) is 46.2. The summed E-state index contributed by atoms with van der Waals surface area (Å²) in [4.78, 5) is 11.5. The van der Waals surface area contributed by atoms with Gasteiger partial charge in [-0.2, -0.15) is 0 Å². The smallest absolute Gasteiger partial charge is 0.220 e. The Balaban J connectivity index is 1.50. The molecule has 4 fully saturated rings. The van der Waals surface area contributed by atoms with Crippen LogP contribution in [0.2, 0.25) is 0 Å². The summed E-state index contributed by atoms with van der Waals surface area (Å²) >= 11 is 0. The quantitative estimate of drug-likeness (QED) is 0.666. The largest absolute Gasteiger partial charge is 0.350 e. The third-order valence-electron chi connectivity index (χ3n) is 3.65. The van der Waals surface area contributed by atoms with Crippen molar-refractivity contribution in [1.29, 1.82) is 0 Å². The number of hydrogen-bond donors (Lipinski definition) is 2. The third kappa shape index (κ3) is 1.17. The van der Waals surface area contributed by atoms with Crippen LogP contribution in [0, 0.1) is 5.92 Å². The van der Waals surface area contributed by atoms with Crippen LogP contribution >= 0.6 is 0 Å². The van der Waals surface area contributed by atoms with Crippen LogP contribution in [0.1, 0.15) is 38.5 Å². The minimum atomic E-state index is 0.104. The van der Waals surface area contributed by atoms with Crippen molar-refractivity contribution in [3.8, 4) is 0 Å². The van der Waals surface area contributed by atoms with E-state index in [0.29, 0.717) is 5.92 Å². The summed E-state index contributed by atoms with van der Waals surface area (Å²) in [7, 11) is 0. The van der Waals surface area contributed by atoms with Crippen LogP contribution in [0.3, 0.4) is 0 Å². The van der Waals surface area contributed by atoms with Gasteiger partial charge >= 0.3 is 0 Å². The highest BCUT2D eigenvalue weighted by Gasteiger charge is 2.66. The van der Waals surface area contributed by atoms with E-state index in [1.54, 1.807) is 0 Å². The first-order valence-electron chi connectivity index (χ1n) is 5.19. The van der Waals surface area contributed by atoms with Gasteiger partial charge in [-0.05, 0) is 38.0 Å². The SMILES string of the molecule is NC12CC(NC(=O)CC3CC3)(C1)C2. The summed E-state index contributed by atoms with van der Waals surface area (Å²) in [6, 6.07) is 0. The average Bonchev–Trinajstić information content (AvgIpc) is 2.65. The summed E-state index contributed by atoms with van der Waals surface area (Å²) in [5.74, 6) is 0.948. The van der Waals surface area contributed by atoms with E-state index in [-0.39, 0.29) is 17.0 Å². The number of rotatable bonds is 3. The molecule has 0 radical (unpaired) electrons. The van der Waals surface area contributed by atoms with Crippen molar-refractivity contribution in [2.45, 2.75) is 49.6 Å². The first-order valence-corrected chi connectivity index (χ1v) is 5.19. The van der Waals surface area contributed by atoms with Crippen LogP contribution in [0.5, 0.6) is 0 Å². The first-order chi connectivity index (χ1) is 6.09. The molecule has 3 heteroatoms. The van der Waals surface area contributed by atoms with Gasteiger partial charge in [0.15, 0.2) is 0 Å². The molecular weight excluding hydrogens is 164 g/mol. The standard InChI is InChI=1S/C10H16N2O/c11-9-4-10(5-9,6-9)12-8(13)3-7-1-2-7/h7H,1-6,11H2,(H,12,13). The van der Waals surface area contributed by atoms with Crippen LogP contribution in [0.4, 0.5) is 0 Å². The molecule has 2 bridgehead atoms. The molecule has 0 unspecified atom stereocenters. The van der Waals surface area contributed by atoms with E-state index in [4.69, 9.17) is 5.73 Å². The maximum absolute atomic E-state index is 11.5. The lowest BCUT2D eigenvalue weighted by Crippen LogP contribution is -2.82. The molecule has 1 amide bonds. The summed E-state index contributed by atoms with van der Waals surface area (Å²) in [6.45, 7) is 0. The second-order valence-electron chi connectivity index (χ2n) is 5.37. The van der Waals surface area contributed by atoms with Crippen LogP contribution in [-0.4, -0.2) is 17.0 Å². The second-order valence-corrected chi connectivity index (χ2v) is 5.37. The maximum atomic E-state index is 11.5. The van der Waals surface area contributed by atoms with Gasteiger partial charge in [-0.1, -0.05) is 0 Å². The van der Waals surface area contributed by atoms with Gasteiger partial charge in [0.25, 0.3) is 0 Å². The Morgan fingerprint density at radius 2 is 2.00 bits per heavy atom. The zero-order valence-corrected chi connectivity index (χ0v) is 7.81. The van der Waals surface area contributed by atoms with Crippen LogP contribution < -0.4 is 11.1 Å². The Morgan fingerprint density at radius 3 is 2.46 bits per heavy atom. The molecule has 4 aliphatic carbocycles. The highest BCUT2D eigenvalue weighted by molar-refractivity contribution is 5.78. The zero-order chi connectivity index (χ0) is 9.10. The fourth-order valence-electron chi connectivity index (χ4n) is 2.93. The number of nitrogens with one attached hydrogen (secondary N) is 1. The molecule has 4 aliphatic rings. The van der Waals surface area contributed by atoms with Crippen molar-refractivity contribution in [2.24, 2.45) is 11.7 Å². The summed E-state index contributed by atoms with van der Waals surface area (Å²) in [6.07, 6.45) is 6.28. The minimum absolute atomic E-state index is 0.104. The number of nitrogens with two attached hydrogens (primary N) is 1. The highest BCUT2D eigenvalue weighted by atomic mass is 16.1. The first kappa shape index (κ1) is 7.80. The number of amides is 1. The molecule has 0 heterocycles. The summed E-state index contributed by atoms with van der Waals surface area (Å²) in [5.41, 5.74) is 6.15. The van der Waals surface area contributed by atoms with E-state index < -0.39 is 0 Å². The molecule has 0 atom stereocenters. The summed E-state index contributed by atoms with van der Waals surface area (Å²) in [5, 5.41) is 3.14. The molecular formula is C10H16N2O. The average molecular weight is 180 g/mol. The monoisotopic (exact) mass is 180 g/mol. The number of carbonyl (C=O) groups excluding carboxylic acids is 1. The molecule has 0 aromatic heterocycles. The van der Waals surface area contributed by atoms with Crippen LogP contribution in [-0.2, 0) is 4.79 Å². The molecule has 4 saturated carbocycles. The Labute approximate surface area is 78.1 Å². The second kappa shape index (κ2) is 2.08. The lowest BCUT2D eigenvalue weighted by Gasteiger charge is -2.68. The van der Waals surface area contributed by atoms with E-state index in [9.17, 15) is 4.79 Å². The predicted molar refractivity (Wildman–Crippen MR) is 49.0 cm³/mol. The molecule has 0 saturated heterocycles. The van der Waals surface area contributed by atoms with E-state index >= 15 is 0 Å². The van der Waals surface area contributed by atoms with E-state index in [1.165, 1.54) is 12.8 Å². The topological polar surface area (TPSA) is 55.1 Å². The van der Waals surface area contributed by atoms with Crippen molar-refractivity contribution >= 4 is 5.91 Å². The predicted octanol–water partition coefficient (Wildman–Crippen LogP) is 0.536. The van der Waals surface area contributed by atoms with Crippen molar-refractivity contribution in [2.75, 3.05) is 0 Å². The van der Waals surface area contributed by atoms with Gasteiger partial charge in [0, 0.05) is 17.5 Å². The Hall–Kier alpha value is -0.570. The molecule has 0 spiro atoms. The summed E-state index contributed by atoms with van der Waals surface area (Å²) < 4.78 is 0. The lowest BCUT2D eigenvalue weighted by molar-refractivity contribution is -0.136. The van der Waals surface area contributed by atoms with Gasteiger partial charge in [0.05, 0.1) is 0 Å². The number of hydrogen-bond acceptors (Lipinski definition) is 2. The maximum Gasteiger partial charge on any atom is 0.220 e. The molecule has 0 aromatic rings. The molecule has 3 N–H and O–H groups in total. The molecule has 72 valence electrons. The van der Waals surface area contributed by atoms with Crippen molar-refractivity contribution in [3.05, 3.63) is 0 Å². The Morgan fingerprint density at radius 1 is 1.38 bits per heavy atom. The molecule has 3 nitrogen and oxygen atoms in total. The van der Waals surface area contributed by atoms with Crippen molar-refractivity contribution in [3.63, 3.8) is 0 Å². The van der Waals surface area contributed by atoms with Gasteiger partial charge in [0.2, 0.25) is 5.91 Å². The molecule has 0 aromatic carbocycles. The van der Waals surface area contributed by atoms with Gasteiger partial charge in [-0.25, -0.2) is 0 Å². The van der Waals surface area contributed by atoms with E-state index in [1.807, 2.05) is 0 Å². The fraction of sp³-hybridized carbons (Fsp3) is 0.900. The molecule has 4 rings (SSSR count). The lowest BCUT2D eigenvalue weighted by atomic mass is 9.44. The van der Waals surface area contributed by atoms with Crippen LogP contribution in [0.15, 0.2) is 0 Å². The van der Waals surface area contributed by atoms with Crippen molar-refractivity contribution in [1.82, 2.24) is 5.32 Å². The van der Waals surface area contributed by atoms with Gasteiger partial charge in [-0.3, -0.25) is 4.79 Å². The Kier molecular flexibility index (Phi) is 1.25. The van der Waals surface area contributed by atoms with Gasteiger partial charge in [-0.15, -0.1) is 0 Å². The van der Waals surface area contributed by atoms with Crippen LogP contribution in [0.25, 0.3) is 0 Å². The van der Waals surface area contributed by atoms with E-state index in [0.717, 1.165) is 25.7 Å². The number of carbonyl (C=O) groups is 1. The Bertz CT molecular complexity index is 250. The minimum Gasteiger partial charge on any atom is -0.350 e. The fourth-order valence-corrected chi connectivity index (χ4v) is 2.93. The van der Waals surface area contributed by atoms with Gasteiger partial charge in [0.1, 0.15) is 0 Å². The molecule has 13 heavy (non-hydrogen) atoms. The third-order valence-corrected chi connectivity index (χ3v) is 3.65. The van der Waals surface area contributed by atoms with Gasteiger partial charge < -0.3 is 11.1 Å². The zero-order valence-electron chi connectivity index (χ0n) is 7.81.